The molecule has 0 bridgehead atoms. The van der Waals surface area contributed by atoms with Crippen LogP contribution < -0.4 is 14.2 Å². The lowest BCUT2D eigenvalue weighted by Gasteiger charge is -2.18. The molecule has 1 aliphatic heterocycles. The van der Waals surface area contributed by atoms with Crippen LogP contribution in [-0.2, 0) is 10.0 Å². The molecule has 0 amide bonds. The van der Waals surface area contributed by atoms with Gasteiger partial charge < -0.3 is 14.4 Å². The van der Waals surface area contributed by atoms with Crippen LogP contribution in [0.3, 0.4) is 0 Å². The zero-order valence-corrected chi connectivity index (χ0v) is 23.2. The molecule has 0 saturated carbocycles. The smallest absolute Gasteiger partial charge is 0.262 e. The number of nitrogens with one attached hydrogen (secondary N) is 1. The monoisotopic (exact) mass is 570 g/mol. The van der Waals surface area contributed by atoms with Crippen molar-refractivity contribution in [3.8, 4) is 29.4 Å². The Balaban J connectivity index is 1.59. The summed E-state index contributed by atoms with van der Waals surface area (Å²) in [6.07, 6.45) is 0.842. The van der Waals surface area contributed by atoms with Gasteiger partial charge in [-0.1, -0.05) is 23.2 Å². The Kier molecular flexibility index (Phi) is 8.05. The molecule has 1 saturated heterocycles. The fraction of sp³-hybridized carbons (Fsp3) is 0.259. The zero-order valence-electron chi connectivity index (χ0n) is 20.9. The topological polar surface area (TPSA) is 115 Å². The van der Waals surface area contributed by atoms with Gasteiger partial charge in [-0.25, -0.2) is 8.42 Å². The number of nitriles is 2. The van der Waals surface area contributed by atoms with Crippen molar-refractivity contribution in [2.45, 2.75) is 31.3 Å². The van der Waals surface area contributed by atoms with Gasteiger partial charge in [-0.2, -0.15) is 10.5 Å². The van der Waals surface area contributed by atoms with E-state index in [2.05, 4.69) is 9.62 Å². The van der Waals surface area contributed by atoms with Crippen molar-refractivity contribution < 1.29 is 17.9 Å². The van der Waals surface area contributed by atoms with Gasteiger partial charge in [-0.05, 0) is 74.8 Å². The molecule has 3 aromatic rings. The second-order valence-electron chi connectivity index (χ2n) is 9.05. The number of ether oxygens (including phenoxy) is 2. The summed E-state index contributed by atoms with van der Waals surface area (Å²) in [5, 5.41) is 19.0. The van der Waals surface area contributed by atoms with Crippen LogP contribution in [0.4, 0.5) is 5.69 Å². The lowest BCUT2D eigenvalue weighted by atomic mass is 10.1. The molecule has 3 aromatic carbocycles. The number of halogens is 2. The minimum Gasteiger partial charge on any atom is -0.487 e. The first-order valence-corrected chi connectivity index (χ1v) is 13.9. The second-order valence-corrected chi connectivity index (χ2v) is 11.5. The highest BCUT2D eigenvalue weighted by Crippen LogP contribution is 2.36. The Morgan fingerprint density at radius 2 is 1.74 bits per heavy atom. The number of benzene rings is 3. The summed E-state index contributed by atoms with van der Waals surface area (Å²) in [5.74, 6) is 0.893. The Bertz CT molecular complexity index is 1570. The summed E-state index contributed by atoms with van der Waals surface area (Å²) in [7, 11) is -1.97. The predicted molar refractivity (Wildman–Crippen MR) is 146 cm³/mol. The van der Waals surface area contributed by atoms with Crippen LogP contribution in [0.5, 0.6) is 17.2 Å². The molecule has 0 unspecified atom stereocenters. The molecule has 0 aromatic heterocycles. The largest absolute Gasteiger partial charge is 0.487 e. The summed E-state index contributed by atoms with van der Waals surface area (Å²) >= 11 is 12.5. The van der Waals surface area contributed by atoms with E-state index in [1.165, 1.54) is 12.1 Å². The van der Waals surface area contributed by atoms with E-state index in [9.17, 15) is 13.7 Å². The van der Waals surface area contributed by atoms with Crippen molar-refractivity contribution in [2.24, 2.45) is 0 Å². The van der Waals surface area contributed by atoms with Crippen LogP contribution in [0.1, 0.15) is 28.7 Å². The molecule has 196 valence electrons. The molecule has 1 fully saturated rings. The predicted octanol–water partition coefficient (Wildman–Crippen LogP) is 6.03. The Morgan fingerprint density at radius 3 is 2.34 bits per heavy atom. The molecule has 11 heteroatoms. The Hall–Kier alpha value is -3.47. The molecular formula is C27H24Cl2N4O4S. The van der Waals surface area contributed by atoms with Crippen LogP contribution in [0, 0.1) is 36.5 Å². The van der Waals surface area contributed by atoms with Crippen LogP contribution in [-0.4, -0.2) is 39.6 Å². The van der Waals surface area contributed by atoms with Gasteiger partial charge in [0.05, 0.1) is 26.2 Å². The summed E-state index contributed by atoms with van der Waals surface area (Å²) in [5.41, 5.74) is 1.36. The number of hydrogen-bond donors (Lipinski definition) is 1. The molecule has 8 nitrogen and oxygen atoms in total. The van der Waals surface area contributed by atoms with Crippen LogP contribution in [0.25, 0.3) is 0 Å². The number of hydrogen-bond acceptors (Lipinski definition) is 7. The third kappa shape index (κ3) is 5.82. The highest BCUT2D eigenvalue weighted by atomic mass is 35.5. The van der Waals surface area contributed by atoms with Gasteiger partial charge in [0.1, 0.15) is 41.1 Å². The fourth-order valence-electron chi connectivity index (χ4n) is 4.39. The van der Waals surface area contributed by atoms with E-state index in [0.29, 0.717) is 33.3 Å². The van der Waals surface area contributed by atoms with E-state index < -0.39 is 10.0 Å². The summed E-state index contributed by atoms with van der Waals surface area (Å²) in [6, 6.07) is 14.7. The number of anilines is 1. The van der Waals surface area contributed by atoms with Crippen LogP contribution in [0.2, 0.25) is 10.0 Å². The summed E-state index contributed by atoms with van der Waals surface area (Å²) in [6.45, 7) is 4.99. The molecule has 0 radical (unpaired) electrons. The van der Waals surface area contributed by atoms with Crippen LogP contribution >= 0.6 is 23.2 Å². The highest BCUT2D eigenvalue weighted by molar-refractivity contribution is 7.92. The minimum atomic E-state index is -3.98. The SMILES string of the molecule is Cc1cc(Oc2ccc(C#N)c(Cl)c2C#N)cc(C)c1S(=O)(=O)Nc1ccc(Cl)c(O[C@@H]2CCN(C)C2)c1. The fourth-order valence-corrected chi connectivity index (χ4v) is 6.30. The normalized spacial score (nSPS) is 15.5. The lowest BCUT2D eigenvalue weighted by molar-refractivity contribution is 0.208. The molecular weight excluding hydrogens is 547 g/mol. The number of nitrogens with zero attached hydrogens (tertiary/aromatic N) is 3. The second kappa shape index (κ2) is 11.1. The number of aryl methyl sites for hydroxylation is 2. The van der Waals surface area contributed by atoms with E-state index in [-0.39, 0.29) is 32.9 Å². The average Bonchev–Trinajstić information content (AvgIpc) is 3.25. The molecule has 1 N–H and O–H groups in total. The molecule has 1 aliphatic rings. The van der Waals surface area contributed by atoms with E-state index in [4.69, 9.17) is 37.9 Å². The van der Waals surface area contributed by atoms with Crippen molar-refractivity contribution in [1.82, 2.24) is 4.90 Å². The maximum Gasteiger partial charge on any atom is 0.262 e. The standard InChI is InChI=1S/C27H24Cl2N4O4S/c1-16-10-21(37-24-7-4-18(13-30)26(29)22(24)14-31)11-17(2)27(16)38(34,35)32-19-5-6-23(28)25(12-19)36-20-8-9-33(3)15-20/h4-7,10-12,20,32H,8-9,15H2,1-3H3/t20-/m1/s1. The van der Waals surface area contributed by atoms with Gasteiger partial charge in [-0.3, -0.25) is 4.72 Å². The van der Waals surface area contributed by atoms with Gasteiger partial charge >= 0.3 is 0 Å². The third-order valence-corrected chi connectivity index (χ3v) is 8.48. The first-order chi connectivity index (χ1) is 18.0. The summed E-state index contributed by atoms with van der Waals surface area (Å²) < 4.78 is 41.3. The first-order valence-electron chi connectivity index (χ1n) is 11.6. The quantitative estimate of drug-likeness (QED) is 0.368. The lowest BCUT2D eigenvalue weighted by Crippen LogP contribution is -2.21. The maximum absolute atomic E-state index is 13.4. The molecule has 1 atom stereocenters. The molecule has 0 spiro atoms. The summed E-state index contributed by atoms with van der Waals surface area (Å²) in [4.78, 5) is 2.25. The van der Waals surface area contributed by atoms with Crippen molar-refractivity contribution in [3.05, 3.63) is 74.8 Å². The van der Waals surface area contributed by atoms with Gasteiger partial charge in [-0.15, -0.1) is 0 Å². The van der Waals surface area contributed by atoms with Crippen molar-refractivity contribution in [2.75, 3.05) is 24.9 Å². The molecule has 4 rings (SSSR count). The molecule has 0 aliphatic carbocycles. The first kappa shape index (κ1) is 27.6. The van der Waals surface area contributed by atoms with Gasteiger partial charge in [0.25, 0.3) is 10.0 Å². The van der Waals surface area contributed by atoms with Gasteiger partial charge in [0.2, 0.25) is 0 Å². The zero-order chi connectivity index (χ0) is 27.6. The number of sulfonamides is 1. The van der Waals surface area contributed by atoms with E-state index in [0.717, 1.165) is 19.5 Å². The highest BCUT2D eigenvalue weighted by Gasteiger charge is 2.24. The minimum absolute atomic E-state index is 0.00407. The number of likely N-dealkylation sites (tertiary alicyclic amines) is 1. The maximum atomic E-state index is 13.4. The van der Waals surface area contributed by atoms with Crippen molar-refractivity contribution in [3.63, 3.8) is 0 Å². The third-order valence-electron chi connectivity index (χ3n) is 6.09. The van der Waals surface area contributed by atoms with Crippen LogP contribution in [0.15, 0.2) is 47.4 Å². The van der Waals surface area contributed by atoms with Crippen molar-refractivity contribution in [1.29, 1.82) is 10.5 Å². The van der Waals surface area contributed by atoms with Gasteiger partial charge in [0.15, 0.2) is 0 Å². The van der Waals surface area contributed by atoms with Gasteiger partial charge in [0, 0.05) is 19.2 Å². The Morgan fingerprint density at radius 1 is 1.03 bits per heavy atom. The van der Waals surface area contributed by atoms with E-state index in [1.807, 2.05) is 19.2 Å². The molecule has 38 heavy (non-hydrogen) atoms. The Labute approximate surface area is 232 Å². The average molecular weight is 571 g/mol. The van der Waals surface area contributed by atoms with E-state index in [1.54, 1.807) is 44.2 Å². The number of rotatable bonds is 7. The molecule has 1 heterocycles. The number of likely N-dealkylation sites (N-methyl/N-ethyl adjacent to an activating group) is 1. The van der Waals surface area contributed by atoms with Crippen molar-refractivity contribution >= 4 is 38.9 Å². The van der Waals surface area contributed by atoms with E-state index >= 15 is 0 Å².